The summed E-state index contributed by atoms with van der Waals surface area (Å²) in [5.74, 6) is 1.30. The molecule has 1 aromatic carbocycles. The third kappa shape index (κ3) is 5.07. The summed E-state index contributed by atoms with van der Waals surface area (Å²) in [4.78, 5) is 10.9. The van der Waals surface area contributed by atoms with Crippen LogP contribution < -0.4 is 4.74 Å². The molecule has 1 aliphatic rings. The van der Waals surface area contributed by atoms with Crippen LogP contribution in [0.15, 0.2) is 24.3 Å². The molecule has 1 aromatic rings. The highest BCUT2D eigenvalue weighted by atomic mass is 16.5. The highest BCUT2D eigenvalue weighted by molar-refractivity contribution is 5.69. The molecule has 0 atom stereocenters. The average Bonchev–Trinajstić information content (AvgIpc) is 2.46. The second kappa shape index (κ2) is 7.48. The largest absolute Gasteiger partial charge is 0.493 e. The van der Waals surface area contributed by atoms with E-state index in [0.29, 0.717) is 18.4 Å². The number of hydrogen-bond acceptors (Lipinski definition) is 2. The molecule has 0 spiro atoms. The number of carboxylic acids is 1. The predicted molar refractivity (Wildman–Crippen MR) is 83.6 cm³/mol. The van der Waals surface area contributed by atoms with Crippen molar-refractivity contribution in [2.45, 2.75) is 46.0 Å². The van der Waals surface area contributed by atoms with Crippen molar-refractivity contribution in [3.63, 3.8) is 0 Å². The Morgan fingerprint density at radius 3 is 2.33 bits per heavy atom. The van der Waals surface area contributed by atoms with Gasteiger partial charge in [0.1, 0.15) is 5.75 Å². The first-order valence-corrected chi connectivity index (χ1v) is 7.99. The molecular weight excluding hydrogens is 264 g/mol. The van der Waals surface area contributed by atoms with Gasteiger partial charge in [0.15, 0.2) is 0 Å². The summed E-state index contributed by atoms with van der Waals surface area (Å²) < 4.78 is 5.85. The standard InChI is InChI=1S/C18H26O3/c1-13(2)11-14-5-9-17(10-6-14)21-12-15-3-7-16(8-4-15)18(19)20/h5-6,9-10,13,15-16H,3-4,7-8,11-12H2,1-2H3,(H,19,20)/t15-,16+. The molecule has 2 rings (SSSR count). The first-order valence-electron chi connectivity index (χ1n) is 7.99. The van der Waals surface area contributed by atoms with E-state index in [2.05, 4.69) is 26.0 Å². The van der Waals surface area contributed by atoms with Gasteiger partial charge in [-0.05, 0) is 61.6 Å². The van der Waals surface area contributed by atoms with E-state index in [1.165, 1.54) is 5.56 Å². The van der Waals surface area contributed by atoms with Crippen LogP contribution in [0.3, 0.4) is 0 Å². The number of aliphatic carboxylic acids is 1. The Bertz CT molecular complexity index is 442. The summed E-state index contributed by atoms with van der Waals surface area (Å²) in [5.41, 5.74) is 1.35. The Kier molecular flexibility index (Phi) is 5.66. The minimum Gasteiger partial charge on any atom is -0.493 e. The van der Waals surface area contributed by atoms with Gasteiger partial charge in [-0.25, -0.2) is 0 Å². The Morgan fingerprint density at radius 1 is 1.19 bits per heavy atom. The van der Waals surface area contributed by atoms with E-state index < -0.39 is 5.97 Å². The third-order valence-electron chi connectivity index (χ3n) is 4.25. The summed E-state index contributed by atoms with van der Waals surface area (Å²) in [7, 11) is 0. The number of hydrogen-bond donors (Lipinski definition) is 1. The van der Waals surface area contributed by atoms with Crippen LogP contribution in [0.1, 0.15) is 45.1 Å². The second-order valence-electron chi connectivity index (χ2n) is 6.61. The zero-order valence-electron chi connectivity index (χ0n) is 13.0. The maximum Gasteiger partial charge on any atom is 0.306 e. The summed E-state index contributed by atoms with van der Waals surface area (Å²) >= 11 is 0. The normalized spacial score (nSPS) is 22.2. The Morgan fingerprint density at radius 2 is 1.81 bits per heavy atom. The van der Waals surface area contributed by atoms with Crippen LogP contribution in [-0.4, -0.2) is 17.7 Å². The van der Waals surface area contributed by atoms with Crippen LogP contribution in [-0.2, 0) is 11.2 Å². The summed E-state index contributed by atoms with van der Waals surface area (Å²) in [6, 6.07) is 8.36. The van der Waals surface area contributed by atoms with Crippen molar-refractivity contribution in [3.05, 3.63) is 29.8 Å². The van der Waals surface area contributed by atoms with Gasteiger partial charge in [-0.3, -0.25) is 4.79 Å². The van der Waals surface area contributed by atoms with Gasteiger partial charge in [-0.15, -0.1) is 0 Å². The van der Waals surface area contributed by atoms with Crippen LogP contribution in [0.5, 0.6) is 5.75 Å². The van der Waals surface area contributed by atoms with Crippen LogP contribution in [0.4, 0.5) is 0 Å². The SMILES string of the molecule is CC(C)Cc1ccc(OC[C@H]2CC[C@@H](C(=O)O)CC2)cc1. The number of carbonyl (C=O) groups is 1. The second-order valence-corrected chi connectivity index (χ2v) is 6.61. The van der Waals surface area contributed by atoms with Gasteiger partial charge >= 0.3 is 5.97 Å². The fraction of sp³-hybridized carbons (Fsp3) is 0.611. The van der Waals surface area contributed by atoms with Gasteiger partial charge in [0, 0.05) is 0 Å². The topological polar surface area (TPSA) is 46.5 Å². The Labute approximate surface area is 127 Å². The maximum absolute atomic E-state index is 10.9. The molecule has 0 aliphatic heterocycles. The molecule has 116 valence electrons. The van der Waals surface area contributed by atoms with Crippen molar-refractivity contribution in [2.24, 2.45) is 17.8 Å². The minimum absolute atomic E-state index is 0.142. The fourth-order valence-corrected chi connectivity index (χ4v) is 2.98. The number of benzene rings is 1. The summed E-state index contributed by atoms with van der Waals surface area (Å²) in [5, 5.41) is 8.99. The van der Waals surface area contributed by atoms with Gasteiger partial charge in [0.2, 0.25) is 0 Å². The number of rotatable bonds is 6. The third-order valence-corrected chi connectivity index (χ3v) is 4.25. The molecule has 0 unspecified atom stereocenters. The molecule has 3 nitrogen and oxygen atoms in total. The first kappa shape index (κ1) is 15.9. The highest BCUT2D eigenvalue weighted by Crippen LogP contribution is 2.29. The molecule has 0 saturated heterocycles. The van der Waals surface area contributed by atoms with Crippen molar-refractivity contribution >= 4 is 5.97 Å². The number of carboxylic acid groups (broad SMARTS) is 1. The fourth-order valence-electron chi connectivity index (χ4n) is 2.98. The zero-order chi connectivity index (χ0) is 15.2. The summed E-state index contributed by atoms with van der Waals surface area (Å²) in [6.07, 6.45) is 4.59. The van der Waals surface area contributed by atoms with Gasteiger partial charge in [-0.2, -0.15) is 0 Å². The molecule has 21 heavy (non-hydrogen) atoms. The van der Waals surface area contributed by atoms with Crippen molar-refractivity contribution < 1.29 is 14.6 Å². The van der Waals surface area contributed by atoms with Crippen LogP contribution in [0.2, 0.25) is 0 Å². The van der Waals surface area contributed by atoms with Crippen molar-refractivity contribution in [1.29, 1.82) is 0 Å². The van der Waals surface area contributed by atoms with E-state index in [4.69, 9.17) is 9.84 Å². The van der Waals surface area contributed by atoms with Crippen molar-refractivity contribution in [2.75, 3.05) is 6.61 Å². The van der Waals surface area contributed by atoms with E-state index in [0.717, 1.165) is 37.9 Å². The molecule has 0 heterocycles. The lowest BCUT2D eigenvalue weighted by atomic mass is 9.82. The van der Waals surface area contributed by atoms with Crippen LogP contribution in [0.25, 0.3) is 0 Å². The molecule has 0 radical (unpaired) electrons. The summed E-state index contributed by atoms with van der Waals surface area (Å²) in [6.45, 7) is 5.14. The van der Waals surface area contributed by atoms with E-state index in [1.807, 2.05) is 12.1 Å². The quantitative estimate of drug-likeness (QED) is 0.856. The Hall–Kier alpha value is -1.51. The monoisotopic (exact) mass is 290 g/mol. The molecule has 0 bridgehead atoms. The van der Waals surface area contributed by atoms with Gasteiger partial charge in [0.25, 0.3) is 0 Å². The minimum atomic E-state index is -0.643. The lowest BCUT2D eigenvalue weighted by Gasteiger charge is -2.26. The van der Waals surface area contributed by atoms with E-state index in [-0.39, 0.29) is 5.92 Å². The predicted octanol–water partition coefficient (Wildman–Crippen LogP) is 4.15. The van der Waals surface area contributed by atoms with Gasteiger partial charge < -0.3 is 9.84 Å². The molecule has 0 amide bonds. The van der Waals surface area contributed by atoms with Crippen molar-refractivity contribution in [3.8, 4) is 5.75 Å². The molecule has 1 fully saturated rings. The van der Waals surface area contributed by atoms with E-state index in [9.17, 15) is 4.79 Å². The molecule has 3 heteroatoms. The van der Waals surface area contributed by atoms with E-state index >= 15 is 0 Å². The van der Waals surface area contributed by atoms with Crippen molar-refractivity contribution in [1.82, 2.24) is 0 Å². The van der Waals surface area contributed by atoms with Gasteiger partial charge in [-0.1, -0.05) is 26.0 Å². The average molecular weight is 290 g/mol. The lowest BCUT2D eigenvalue weighted by Crippen LogP contribution is -2.24. The lowest BCUT2D eigenvalue weighted by molar-refractivity contribution is -0.143. The molecule has 1 aliphatic carbocycles. The molecule has 0 aromatic heterocycles. The van der Waals surface area contributed by atoms with Crippen LogP contribution in [0, 0.1) is 17.8 Å². The molecule has 1 N–H and O–H groups in total. The number of ether oxygens (including phenoxy) is 1. The van der Waals surface area contributed by atoms with E-state index in [1.54, 1.807) is 0 Å². The van der Waals surface area contributed by atoms with Crippen LogP contribution >= 0.6 is 0 Å². The zero-order valence-corrected chi connectivity index (χ0v) is 13.0. The maximum atomic E-state index is 10.9. The Balaban J connectivity index is 1.75. The first-order chi connectivity index (χ1) is 10.0. The smallest absolute Gasteiger partial charge is 0.306 e. The highest BCUT2D eigenvalue weighted by Gasteiger charge is 2.26. The molecular formula is C18H26O3. The van der Waals surface area contributed by atoms with Gasteiger partial charge in [0.05, 0.1) is 12.5 Å². The molecule has 1 saturated carbocycles.